The molecule has 3 fully saturated rings. The van der Waals surface area contributed by atoms with Crippen molar-refractivity contribution in [2.75, 3.05) is 0 Å². The number of nitrogens with one attached hydrogen (secondary N) is 2. The molecule has 0 saturated carbocycles. The van der Waals surface area contributed by atoms with Gasteiger partial charge in [-0.2, -0.15) is 0 Å². The van der Waals surface area contributed by atoms with E-state index in [0.717, 1.165) is 11.3 Å². The molecule has 4 rings (SSSR count). The molecular weight excluding hydrogens is 268 g/mol. The number of ether oxygens (including phenoxy) is 1. The summed E-state index contributed by atoms with van der Waals surface area (Å²) in [7, 11) is 0. The average Bonchev–Trinajstić information content (AvgIpc) is 2.36. The lowest BCUT2D eigenvalue weighted by Gasteiger charge is -2.48. The Labute approximate surface area is 124 Å². The third-order valence-corrected chi connectivity index (χ3v) is 4.07. The lowest BCUT2D eigenvalue weighted by molar-refractivity contribution is -0.149. The SMILES string of the molecule is CC(C)Oc1ccc([C@H]2CC3(C)NC(=O)C2C(=O)N3)cc1. The molecule has 0 spiro atoms. The van der Waals surface area contributed by atoms with Crippen LogP contribution in [0.3, 0.4) is 0 Å². The fraction of sp³-hybridized carbons (Fsp3) is 0.500. The highest BCUT2D eigenvalue weighted by Crippen LogP contribution is 2.40. The Balaban J connectivity index is 1.86. The summed E-state index contributed by atoms with van der Waals surface area (Å²) in [6, 6.07) is 7.70. The molecule has 1 aromatic rings. The van der Waals surface area contributed by atoms with Gasteiger partial charge in [-0.15, -0.1) is 0 Å². The van der Waals surface area contributed by atoms with E-state index in [0.29, 0.717) is 6.42 Å². The van der Waals surface area contributed by atoms with E-state index in [4.69, 9.17) is 4.74 Å². The predicted octanol–water partition coefficient (Wildman–Crippen LogP) is 1.54. The molecule has 5 nitrogen and oxygen atoms in total. The lowest BCUT2D eigenvalue weighted by Crippen LogP contribution is -2.72. The van der Waals surface area contributed by atoms with Crippen LogP contribution in [0, 0.1) is 5.92 Å². The predicted molar refractivity (Wildman–Crippen MR) is 77.7 cm³/mol. The van der Waals surface area contributed by atoms with Crippen molar-refractivity contribution in [2.45, 2.75) is 44.9 Å². The zero-order chi connectivity index (χ0) is 15.2. The molecule has 0 radical (unpaired) electrons. The molecule has 112 valence electrons. The number of benzene rings is 1. The van der Waals surface area contributed by atoms with Crippen molar-refractivity contribution >= 4 is 11.8 Å². The molecule has 2 N–H and O–H groups in total. The van der Waals surface area contributed by atoms with Gasteiger partial charge >= 0.3 is 0 Å². The van der Waals surface area contributed by atoms with Gasteiger partial charge < -0.3 is 15.4 Å². The van der Waals surface area contributed by atoms with Crippen LogP contribution in [0.4, 0.5) is 0 Å². The monoisotopic (exact) mass is 288 g/mol. The summed E-state index contributed by atoms with van der Waals surface area (Å²) in [6.45, 7) is 5.80. The summed E-state index contributed by atoms with van der Waals surface area (Å²) in [5.74, 6) is -0.274. The van der Waals surface area contributed by atoms with Gasteiger partial charge in [0.15, 0.2) is 0 Å². The van der Waals surface area contributed by atoms with E-state index in [2.05, 4.69) is 10.6 Å². The second-order valence-electron chi connectivity index (χ2n) is 6.33. The number of fused-ring (bicyclic) bond motifs is 3. The van der Waals surface area contributed by atoms with Crippen LogP contribution < -0.4 is 15.4 Å². The van der Waals surface area contributed by atoms with E-state index in [1.165, 1.54) is 0 Å². The molecule has 3 heterocycles. The Hall–Kier alpha value is -2.04. The topological polar surface area (TPSA) is 67.4 Å². The van der Waals surface area contributed by atoms with Crippen LogP contribution in [-0.4, -0.2) is 23.6 Å². The molecule has 5 heteroatoms. The van der Waals surface area contributed by atoms with Crippen LogP contribution >= 0.6 is 0 Å². The maximum Gasteiger partial charge on any atom is 0.235 e. The van der Waals surface area contributed by atoms with Crippen LogP contribution in [-0.2, 0) is 9.59 Å². The molecule has 0 aromatic heterocycles. The molecule has 3 aliphatic rings. The van der Waals surface area contributed by atoms with Crippen molar-refractivity contribution in [2.24, 2.45) is 5.92 Å². The minimum absolute atomic E-state index is 0.0781. The first kappa shape index (κ1) is 13.9. The molecule has 21 heavy (non-hydrogen) atoms. The van der Waals surface area contributed by atoms with Crippen molar-refractivity contribution in [1.82, 2.24) is 10.6 Å². The number of hydrogen-bond acceptors (Lipinski definition) is 3. The highest BCUT2D eigenvalue weighted by Gasteiger charge is 2.52. The van der Waals surface area contributed by atoms with E-state index in [1.807, 2.05) is 45.0 Å². The number of piperidine rings is 2. The van der Waals surface area contributed by atoms with E-state index >= 15 is 0 Å². The molecule has 0 unspecified atom stereocenters. The Morgan fingerprint density at radius 2 is 1.71 bits per heavy atom. The van der Waals surface area contributed by atoms with Crippen LogP contribution in [0.2, 0.25) is 0 Å². The Kier molecular flexibility index (Phi) is 3.15. The summed E-state index contributed by atoms with van der Waals surface area (Å²) < 4.78 is 5.62. The van der Waals surface area contributed by atoms with Crippen LogP contribution in [0.5, 0.6) is 5.75 Å². The van der Waals surface area contributed by atoms with Gasteiger partial charge in [-0.1, -0.05) is 12.1 Å². The normalized spacial score (nSPS) is 31.0. The van der Waals surface area contributed by atoms with Gasteiger partial charge in [0.05, 0.1) is 6.10 Å². The molecule has 2 amide bonds. The Morgan fingerprint density at radius 1 is 1.14 bits per heavy atom. The number of rotatable bonds is 3. The van der Waals surface area contributed by atoms with Gasteiger partial charge in [-0.05, 0) is 44.9 Å². The Bertz CT molecular complexity index is 562. The fourth-order valence-electron chi connectivity index (χ4n) is 3.25. The van der Waals surface area contributed by atoms with Crippen molar-refractivity contribution in [3.8, 4) is 5.75 Å². The maximum atomic E-state index is 12.1. The van der Waals surface area contributed by atoms with Crippen molar-refractivity contribution < 1.29 is 14.3 Å². The molecule has 3 aliphatic heterocycles. The van der Waals surface area contributed by atoms with Gasteiger partial charge in [0.1, 0.15) is 17.3 Å². The highest BCUT2D eigenvalue weighted by atomic mass is 16.5. The zero-order valence-corrected chi connectivity index (χ0v) is 12.5. The molecule has 3 saturated heterocycles. The minimum Gasteiger partial charge on any atom is -0.491 e. The van der Waals surface area contributed by atoms with Gasteiger partial charge in [0, 0.05) is 5.92 Å². The highest BCUT2D eigenvalue weighted by molar-refractivity contribution is 6.05. The Morgan fingerprint density at radius 3 is 2.19 bits per heavy atom. The largest absolute Gasteiger partial charge is 0.491 e. The number of carbonyl (C=O) groups excluding carboxylic acids is 2. The van der Waals surface area contributed by atoms with Gasteiger partial charge in [-0.3, -0.25) is 9.59 Å². The van der Waals surface area contributed by atoms with E-state index in [-0.39, 0.29) is 23.8 Å². The number of amides is 2. The van der Waals surface area contributed by atoms with Crippen LogP contribution in [0.15, 0.2) is 24.3 Å². The van der Waals surface area contributed by atoms with Gasteiger partial charge in [0.2, 0.25) is 11.8 Å². The first-order valence-electron chi connectivity index (χ1n) is 7.29. The summed E-state index contributed by atoms with van der Waals surface area (Å²) in [6.07, 6.45) is 0.830. The van der Waals surface area contributed by atoms with E-state index < -0.39 is 11.6 Å². The van der Waals surface area contributed by atoms with Crippen LogP contribution in [0.1, 0.15) is 38.7 Å². The first-order chi connectivity index (χ1) is 9.88. The van der Waals surface area contributed by atoms with Gasteiger partial charge in [0.25, 0.3) is 0 Å². The molecule has 0 aliphatic carbocycles. The first-order valence-corrected chi connectivity index (χ1v) is 7.29. The third kappa shape index (κ3) is 2.48. The summed E-state index contributed by atoms with van der Waals surface area (Å²) in [5.41, 5.74) is 0.368. The van der Waals surface area contributed by atoms with Crippen LogP contribution in [0.25, 0.3) is 0 Å². The minimum atomic E-state index is -0.638. The molecular formula is C16H20N2O3. The summed E-state index contributed by atoms with van der Waals surface area (Å²) >= 11 is 0. The number of hydrogen-bond donors (Lipinski definition) is 2. The van der Waals surface area contributed by atoms with Crippen molar-refractivity contribution in [1.29, 1.82) is 0 Å². The van der Waals surface area contributed by atoms with Crippen molar-refractivity contribution in [3.63, 3.8) is 0 Å². The molecule has 1 aromatic carbocycles. The third-order valence-electron chi connectivity index (χ3n) is 4.07. The zero-order valence-electron chi connectivity index (χ0n) is 12.5. The fourth-order valence-corrected chi connectivity index (χ4v) is 3.25. The molecule has 2 bridgehead atoms. The van der Waals surface area contributed by atoms with E-state index in [1.54, 1.807) is 0 Å². The summed E-state index contributed by atoms with van der Waals surface area (Å²) in [4.78, 5) is 24.1. The van der Waals surface area contributed by atoms with Crippen molar-refractivity contribution in [3.05, 3.63) is 29.8 Å². The number of carbonyl (C=O) groups is 2. The standard InChI is InChI=1S/C16H20N2O3/c1-9(2)21-11-6-4-10(5-7-11)12-8-16(3)17-14(19)13(12)15(20)18-16/h4-7,9,12-13H,8H2,1-3H3,(H,17,19)(H,18,20)/t12-,13?,16?/m1/s1. The summed E-state index contributed by atoms with van der Waals surface area (Å²) in [5, 5.41) is 5.73. The maximum absolute atomic E-state index is 12.1. The average molecular weight is 288 g/mol. The smallest absolute Gasteiger partial charge is 0.235 e. The quantitative estimate of drug-likeness (QED) is 0.829. The second kappa shape index (κ2) is 4.76. The molecule has 1 atom stereocenters. The lowest BCUT2D eigenvalue weighted by atomic mass is 9.72. The second-order valence-corrected chi connectivity index (χ2v) is 6.33. The van der Waals surface area contributed by atoms with Gasteiger partial charge in [-0.25, -0.2) is 0 Å². The van der Waals surface area contributed by atoms with E-state index in [9.17, 15) is 9.59 Å².